The van der Waals surface area contributed by atoms with Gasteiger partial charge in [0, 0.05) is 18.3 Å². The Balaban J connectivity index is 2.13. The molecule has 0 spiro atoms. The van der Waals surface area contributed by atoms with Crippen molar-refractivity contribution in [1.82, 2.24) is 10.3 Å². The fourth-order valence-electron chi connectivity index (χ4n) is 2.16. The van der Waals surface area contributed by atoms with E-state index in [4.69, 9.17) is 0 Å². The number of hydrogen-bond acceptors (Lipinski definition) is 2. The monoisotopic (exact) mass is 234 g/mol. The zero-order valence-corrected chi connectivity index (χ0v) is 10.0. The van der Waals surface area contributed by atoms with Gasteiger partial charge in [-0.2, -0.15) is 0 Å². The minimum absolute atomic E-state index is 0.817. The van der Waals surface area contributed by atoms with E-state index >= 15 is 0 Å². The van der Waals surface area contributed by atoms with Crippen LogP contribution in [0.25, 0.3) is 11.1 Å². The summed E-state index contributed by atoms with van der Waals surface area (Å²) in [7, 11) is 0. The maximum Gasteiger partial charge on any atom is 0.0685 e. The maximum absolute atomic E-state index is 4.45. The third-order valence-electron chi connectivity index (χ3n) is 3.03. The van der Waals surface area contributed by atoms with Crippen LogP contribution in [0.1, 0.15) is 11.3 Å². The van der Waals surface area contributed by atoms with Gasteiger partial charge in [-0.25, -0.2) is 0 Å². The Morgan fingerprint density at radius 3 is 2.56 bits per heavy atom. The number of benzene rings is 1. The van der Waals surface area contributed by atoms with Gasteiger partial charge in [-0.15, -0.1) is 0 Å². The lowest BCUT2D eigenvalue weighted by Gasteiger charge is -2.17. The van der Waals surface area contributed by atoms with Crippen molar-refractivity contribution in [2.24, 2.45) is 0 Å². The van der Waals surface area contributed by atoms with Crippen molar-refractivity contribution in [2.45, 2.75) is 0 Å². The van der Waals surface area contributed by atoms with E-state index < -0.39 is 0 Å². The van der Waals surface area contributed by atoms with Gasteiger partial charge in [0.05, 0.1) is 5.69 Å². The van der Waals surface area contributed by atoms with E-state index in [-0.39, 0.29) is 0 Å². The van der Waals surface area contributed by atoms with Crippen LogP contribution in [0.4, 0.5) is 0 Å². The summed E-state index contributed by atoms with van der Waals surface area (Å²) in [5.74, 6) is 0. The summed E-state index contributed by atoms with van der Waals surface area (Å²) < 4.78 is 0. The number of nitrogens with one attached hydrogen (secondary N) is 1. The number of allylic oxidation sites excluding steroid dienone is 2. The lowest BCUT2D eigenvalue weighted by atomic mass is 9.95. The highest BCUT2D eigenvalue weighted by Crippen LogP contribution is 2.27. The van der Waals surface area contributed by atoms with Gasteiger partial charge >= 0.3 is 0 Å². The highest BCUT2D eigenvalue weighted by molar-refractivity contribution is 5.96. The first kappa shape index (κ1) is 10.8. The van der Waals surface area contributed by atoms with Crippen LogP contribution in [0.3, 0.4) is 0 Å². The summed E-state index contributed by atoms with van der Waals surface area (Å²) in [4.78, 5) is 4.45. The van der Waals surface area contributed by atoms with E-state index in [1.54, 1.807) is 0 Å². The topological polar surface area (TPSA) is 24.9 Å². The Kier molecular flexibility index (Phi) is 2.92. The van der Waals surface area contributed by atoms with Crippen molar-refractivity contribution >= 4 is 11.1 Å². The number of hydrogen-bond donors (Lipinski definition) is 1. The van der Waals surface area contributed by atoms with Crippen LogP contribution in [-0.4, -0.2) is 11.5 Å². The second-order valence-electron chi connectivity index (χ2n) is 4.19. The zero-order chi connectivity index (χ0) is 12.2. The van der Waals surface area contributed by atoms with Gasteiger partial charge in [-0.3, -0.25) is 4.98 Å². The van der Waals surface area contributed by atoms with Gasteiger partial charge in [-0.1, -0.05) is 36.4 Å². The Bertz CT molecular complexity index is 583. The van der Waals surface area contributed by atoms with Gasteiger partial charge in [0.25, 0.3) is 0 Å². The molecule has 1 aliphatic heterocycles. The van der Waals surface area contributed by atoms with Crippen LogP contribution in [0.5, 0.6) is 0 Å². The molecule has 0 amide bonds. The average Bonchev–Trinajstić information content (AvgIpc) is 2.49. The Morgan fingerprint density at radius 1 is 0.944 bits per heavy atom. The van der Waals surface area contributed by atoms with Gasteiger partial charge in [0.15, 0.2) is 0 Å². The molecular formula is C16H14N2. The second kappa shape index (κ2) is 4.88. The van der Waals surface area contributed by atoms with E-state index in [2.05, 4.69) is 46.7 Å². The molecule has 0 saturated heterocycles. The summed E-state index contributed by atoms with van der Waals surface area (Å²) in [6.45, 7) is 0.817. The first-order chi connectivity index (χ1) is 8.95. The van der Waals surface area contributed by atoms with E-state index in [0.717, 1.165) is 12.2 Å². The van der Waals surface area contributed by atoms with Crippen LogP contribution in [0.15, 0.2) is 67.0 Å². The van der Waals surface area contributed by atoms with Gasteiger partial charge < -0.3 is 5.32 Å². The van der Waals surface area contributed by atoms with E-state index in [0.29, 0.717) is 0 Å². The molecular weight excluding hydrogens is 220 g/mol. The number of nitrogens with zero attached hydrogens (tertiary/aromatic N) is 1. The maximum atomic E-state index is 4.45. The summed E-state index contributed by atoms with van der Waals surface area (Å²) in [6.07, 6.45) is 5.95. The standard InChI is InChI=1S/C16H14N2/c1-2-6-13(7-3-1)14-9-11-17-12-15(14)16-8-4-5-10-18-16/h1-11,17H,12H2. The van der Waals surface area contributed by atoms with Crippen LogP contribution < -0.4 is 5.32 Å². The quantitative estimate of drug-likeness (QED) is 0.863. The number of pyridine rings is 1. The largest absolute Gasteiger partial charge is 0.387 e. The van der Waals surface area contributed by atoms with Crippen molar-refractivity contribution in [3.8, 4) is 0 Å². The Labute approximate surface area is 107 Å². The van der Waals surface area contributed by atoms with E-state index in [1.807, 2.05) is 30.6 Å². The molecule has 2 nitrogen and oxygen atoms in total. The molecule has 2 heterocycles. The number of dihydropyridines is 1. The predicted molar refractivity (Wildman–Crippen MR) is 74.6 cm³/mol. The third-order valence-corrected chi connectivity index (χ3v) is 3.03. The van der Waals surface area contributed by atoms with Crippen molar-refractivity contribution in [3.63, 3.8) is 0 Å². The summed E-state index contributed by atoms with van der Waals surface area (Å²) in [5.41, 5.74) is 4.75. The predicted octanol–water partition coefficient (Wildman–Crippen LogP) is 3.11. The molecule has 0 fully saturated rings. The second-order valence-corrected chi connectivity index (χ2v) is 4.19. The highest BCUT2D eigenvalue weighted by Gasteiger charge is 2.12. The molecule has 1 N–H and O–H groups in total. The molecule has 18 heavy (non-hydrogen) atoms. The van der Waals surface area contributed by atoms with E-state index in [9.17, 15) is 0 Å². The molecule has 0 bridgehead atoms. The molecule has 0 saturated carbocycles. The van der Waals surface area contributed by atoms with Gasteiger partial charge in [0.2, 0.25) is 0 Å². The fourth-order valence-corrected chi connectivity index (χ4v) is 2.16. The molecule has 2 aromatic rings. The molecule has 1 aromatic carbocycles. The van der Waals surface area contributed by atoms with Crippen molar-refractivity contribution in [2.75, 3.05) is 6.54 Å². The van der Waals surface area contributed by atoms with Gasteiger partial charge in [0.1, 0.15) is 0 Å². The zero-order valence-electron chi connectivity index (χ0n) is 10.0. The van der Waals surface area contributed by atoms with Crippen molar-refractivity contribution < 1.29 is 0 Å². The van der Waals surface area contributed by atoms with E-state index in [1.165, 1.54) is 16.7 Å². The normalized spacial score (nSPS) is 14.4. The van der Waals surface area contributed by atoms with Crippen LogP contribution in [0.2, 0.25) is 0 Å². The molecule has 0 radical (unpaired) electrons. The highest BCUT2D eigenvalue weighted by atomic mass is 14.8. The van der Waals surface area contributed by atoms with Crippen molar-refractivity contribution in [1.29, 1.82) is 0 Å². The van der Waals surface area contributed by atoms with Gasteiger partial charge in [-0.05, 0) is 35.5 Å². The molecule has 0 unspecified atom stereocenters. The third kappa shape index (κ3) is 2.05. The summed E-state index contributed by atoms with van der Waals surface area (Å²) in [6, 6.07) is 16.5. The molecule has 88 valence electrons. The SMILES string of the molecule is C1=CC(c2ccccc2)=C(c2ccccn2)CN1. The smallest absolute Gasteiger partial charge is 0.0685 e. The average molecular weight is 234 g/mol. The van der Waals surface area contributed by atoms with Crippen LogP contribution >= 0.6 is 0 Å². The molecule has 0 atom stereocenters. The molecule has 1 aliphatic rings. The lowest BCUT2D eigenvalue weighted by Crippen LogP contribution is -2.15. The lowest BCUT2D eigenvalue weighted by molar-refractivity contribution is 0.981. The fraction of sp³-hybridized carbons (Fsp3) is 0.0625. The summed E-state index contributed by atoms with van der Waals surface area (Å²) in [5, 5.41) is 3.25. The Hall–Kier alpha value is -2.35. The number of rotatable bonds is 2. The first-order valence-electron chi connectivity index (χ1n) is 6.05. The first-order valence-corrected chi connectivity index (χ1v) is 6.05. The molecule has 0 aliphatic carbocycles. The molecule has 2 heteroatoms. The van der Waals surface area contributed by atoms with Crippen LogP contribution in [0, 0.1) is 0 Å². The van der Waals surface area contributed by atoms with Crippen LogP contribution in [-0.2, 0) is 0 Å². The minimum Gasteiger partial charge on any atom is -0.387 e. The minimum atomic E-state index is 0.817. The molecule has 3 rings (SSSR count). The molecule has 1 aromatic heterocycles. The Morgan fingerprint density at radius 2 is 1.78 bits per heavy atom. The van der Waals surface area contributed by atoms with Crippen molar-refractivity contribution in [3.05, 3.63) is 78.3 Å². The summed E-state index contributed by atoms with van der Waals surface area (Å²) >= 11 is 0. The number of aromatic nitrogens is 1.